The van der Waals surface area contributed by atoms with Gasteiger partial charge in [-0.15, -0.1) is 0 Å². The van der Waals surface area contributed by atoms with Crippen LogP contribution in [0.2, 0.25) is 13.1 Å². The maximum atomic E-state index is 14.1. The van der Waals surface area contributed by atoms with Gasteiger partial charge in [0, 0.05) is 12.0 Å². The lowest BCUT2D eigenvalue weighted by molar-refractivity contribution is -0.491. The molecular formula is C38H59O9Si. The maximum Gasteiger partial charge on any atom is 0.315 e. The topological polar surface area (TPSA) is 110 Å². The van der Waals surface area contributed by atoms with Crippen molar-refractivity contribution in [3.8, 4) is 0 Å². The van der Waals surface area contributed by atoms with Crippen LogP contribution in [0.25, 0.3) is 0 Å². The van der Waals surface area contributed by atoms with Crippen molar-refractivity contribution >= 4 is 21.3 Å². The van der Waals surface area contributed by atoms with Gasteiger partial charge < -0.3 is 33.3 Å². The monoisotopic (exact) mass is 687 g/mol. The largest absolute Gasteiger partial charge is 0.481 e. The van der Waals surface area contributed by atoms with Crippen LogP contribution < -0.4 is 0 Å². The predicted molar refractivity (Wildman–Crippen MR) is 180 cm³/mol. The van der Waals surface area contributed by atoms with Gasteiger partial charge in [-0.2, -0.15) is 0 Å². The molecule has 4 aliphatic heterocycles. The van der Waals surface area contributed by atoms with Gasteiger partial charge in [0.2, 0.25) is 9.04 Å². The smallest absolute Gasteiger partial charge is 0.315 e. The second-order valence-corrected chi connectivity index (χ2v) is 20.0. The van der Waals surface area contributed by atoms with E-state index >= 15 is 0 Å². The van der Waals surface area contributed by atoms with Crippen LogP contribution in [0.15, 0.2) is 11.6 Å². The van der Waals surface area contributed by atoms with E-state index in [-0.39, 0.29) is 53.8 Å². The van der Waals surface area contributed by atoms with Crippen molar-refractivity contribution in [3.63, 3.8) is 0 Å². The van der Waals surface area contributed by atoms with Crippen LogP contribution >= 0.6 is 0 Å². The summed E-state index contributed by atoms with van der Waals surface area (Å²) in [6.07, 6.45) is 9.45. The molecule has 0 aromatic carbocycles. The third-order valence-electron chi connectivity index (χ3n) is 13.8. The van der Waals surface area contributed by atoms with Gasteiger partial charge in [-0.3, -0.25) is 9.53 Å². The van der Waals surface area contributed by atoms with E-state index in [1.54, 1.807) is 0 Å². The number of carbonyl (C=O) groups excluding carboxylic acids is 1. The first-order valence-corrected chi connectivity index (χ1v) is 21.2. The second-order valence-electron chi connectivity index (χ2n) is 18.0. The van der Waals surface area contributed by atoms with Crippen LogP contribution in [0, 0.1) is 57.2 Å². The Morgan fingerprint density at radius 3 is 2.50 bits per heavy atom. The molecule has 8 aliphatic rings. The molecule has 13 atom stereocenters. The average Bonchev–Trinajstić information content (AvgIpc) is 3.69. The van der Waals surface area contributed by atoms with Gasteiger partial charge in [-0.05, 0) is 73.8 Å². The number of aliphatic carboxylic acids is 1. The normalized spacial score (nSPS) is 48.2. The minimum Gasteiger partial charge on any atom is -0.481 e. The summed E-state index contributed by atoms with van der Waals surface area (Å²) in [6.45, 7) is 19.9. The summed E-state index contributed by atoms with van der Waals surface area (Å²) in [5.74, 6) is -3.58. The zero-order chi connectivity index (χ0) is 34.7. The van der Waals surface area contributed by atoms with E-state index < -0.39 is 49.3 Å². The van der Waals surface area contributed by atoms with Crippen molar-refractivity contribution in [2.75, 3.05) is 13.2 Å². The molecule has 0 aromatic heterocycles. The Kier molecular flexibility index (Phi) is 8.59. The molecule has 9 nitrogen and oxygen atoms in total. The molecule has 0 aromatic rings. The summed E-state index contributed by atoms with van der Waals surface area (Å²) in [4.78, 5) is 27.6. The lowest BCUT2D eigenvalue weighted by Gasteiger charge is -2.59. The van der Waals surface area contributed by atoms with Crippen molar-refractivity contribution in [2.45, 2.75) is 143 Å². The number of hydrogen-bond acceptors (Lipinski definition) is 8. The highest BCUT2D eigenvalue weighted by Gasteiger charge is 2.86. The number of fused-ring (bicyclic) bond motifs is 2. The summed E-state index contributed by atoms with van der Waals surface area (Å²) in [5, 5.41) is 11.5. The van der Waals surface area contributed by atoms with Crippen LogP contribution in [0.4, 0.5) is 0 Å². The quantitative estimate of drug-likeness (QED) is 0.0897. The van der Waals surface area contributed by atoms with Crippen LogP contribution in [-0.2, 0) is 37.7 Å². The van der Waals surface area contributed by atoms with Crippen molar-refractivity contribution < 1.29 is 42.8 Å². The molecule has 8 rings (SSSR count). The number of allylic oxidation sites excluding steroid dienone is 1. The molecule has 7 fully saturated rings. The molecule has 0 amide bonds. The number of aldehydes is 1. The summed E-state index contributed by atoms with van der Waals surface area (Å²) in [5.41, 5.74) is -2.60. The van der Waals surface area contributed by atoms with Gasteiger partial charge in [-0.1, -0.05) is 85.8 Å². The molecule has 4 saturated heterocycles. The Morgan fingerprint density at radius 1 is 1.12 bits per heavy atom. The number of carboxylic acid groups (broad SMARTS) is 1. The standard InChI is InChI=1S/C38H59O9Si/c1-10-11-12-13-16-42-29-28-30(33(5,6)7)37(45-31(29)38(44-28,46-37)47-48(8)9)43-21-35-19-25-23(4)14-15-26(25)34(20-39)18-24(35)17-27(22(2)3)36(34,35)32(40)41/h17,20,22-26,28-31H,10-16,18-19,21H2,1-9H3,(H,40,41). The number of unbranched alkanes of at least 4 members (excludes halogenated alkanes) is 3. The third kappa shape index (κ3) is 4.41. The van der Waals surface area contributed by atoms with E-state index in [1.807, 2.05) is 13.1 Å². The molecule has 0 spiro atoms. The van der Waals surface area contributed by atoms with Gasteiger partial charge in [0.1, 0.15) is 23.9 Å². The Morgan fingerprint density at radius 2 is 1.88 bits per heavy atom. The van der Waals surface area contributed by atoms with Crippen LogP contribution in [0.5, 0.6) is 0 Å². The maximum absolute atomic E-state index is 14.1. The highest BCUT2D eigenvalue weighted by molar-refractivity contribution is 6.48. The summed E-state index contributed by atoms with van der Waals surface area (Å²) < 4.78 is 40.8. The van der Waals surface area contributed by atoms with Crippen molar-refractivity contribution in [3.05, 3.63) is 11.6 Å². The van der Waals surface area contributed by atoms with E-state index in [0.29, 0.717) is 25.4 Å². The lowest BCUT2D eigenvalue weighted by atomic mass is 9.43. The number of carbonyl (C=O) groups is 2. The number of hydrogen-bond donors (Lipinski definition) is 1. The third-order valence-corrected chi connectivity index (χ3v) is 14.5. The molecule has 269 valence electrons. The molecule has 13 unspecified atom stereocenters. The van der Waals surface area contributed by atoms with Gasteiger partial charge in [0.05, 0.1) is 17.9 Å². The molecule has 1 N–H and O–H groups in total. The first-order chi connectivity index (χ1) is 22.6. The lowest BCUT2D eigenvalue weighted by Crippen LogP contribution is -2.66. The fourth-order valence-corrected chi connectivity index (χ4v) is 13.0. The van der Waals surface area contributed by atoms with E-state index in [9.17, 15) is 14.7 Å². The number of rotatable bonds is 14. The number of ether oxygens (including phenoxy) is 5. The van der Waals surface area contributed by atoms with Gasteiger partial charge >= 0.3 is 11.9 Å². The summed E-state index contributed by atoms with van der Waals surface area (Å²) >= 11 is 0. The van der Waals surface area contributed by atoms with E-state index in [0.717, 1.165) is 44.0 Å². The Labute approximate surface area is 288 Å². The SMILES string of the molecule is CCCCCCOC1C2OC3(O[Si](C)C)OC(OCC45CC6C(C)CCC6C6(C=O)CC4C=C(C(C)C)C65C(=O)O)(OC13)C2C(C)(C)C. The van der Waals surface area contributed by atoms with Gasteiger partial charge in [0.15, 0.2) is 6.10 Å². The van der Waals surface area contributed by atoms with E-state index in [1.165, 1.54) is 6.42 Å². The zero-order valence-electron chi connectivity index (χ0n) is 30.6. The summed E-state index contributed by atoms with van der Waals surface area (Å²) in [7, 11) is -1.30. The fourth-order valence-electron chi connectivity index (χ4n) is 12.3. The van der Waals surface area contributed by atoms with Crippen molar-refractivity contribution in [1.82, 2.24) is 0 Å². The highest BCUT2D eigenvalue weighted by atomic mass is 28.3. The molecule has 10 heteroatoms. The highest BCUT2D eigenvalue weighted by Crippen LogP contribution is 2.83. The molecule has 1 radical (unpaired) electrons. The van der Waals surface area contributed by atoms with Gasteiger partial charge in [0.25, 0.3) is 5.97 Å². The summed E-state index contributed by atoms with van der Waals surface area (Å²) in [6, 6.07) is 0. The van der Waals surface area contributed by atoms with Crippen LogP contribution in [-0.4, -0.2) is 69.9 Å². The Hall–Kier alpha value is -1.14. The minimum atomic E-state index is -1.51. The van der Waals surface area contributed by atoms with E-state index in [2.05, 4.69) is 54.5 Å². The molecule has 48 heavy (non-hydrogen) atoms. The first-order valence-electron chi connectivity index (χ1n) is 18.8. The fraction of sp³-hybridized carbons (Fsp3) is 0.895. The molecule has 3 saturated carbocycles. The van der Waals surface area contributed by atoms with Gasteiger partial charge in [-0.25, -0.2) is 0 Å². The average molecular weight is 688 g/mol. The zero-order valence-corrected chi connectivity index (χ0v) is 31.6. The van der Waals surface area contributed by atoms with Crippen LogP contribution in [0.1, 0.15) is 99.8 Å². The van der Waals surface area contributed by atoms with Crippen LogP contribution in [0.3, 0.4) is 0 Å². The van der Waals surface area contributed by atoms with E-state index in [4.69, 9.17) is 28.1 Å². The first kappa shape index (κ1) is 35.3. The number of carboxylic acids is 1. The van der Waals surface area contributed by atoms with Crippen molar-refractivity contribution in [2.24, 2.45) is 57.2 Å². The Balaban J connectivity index is 1.28. The predicted octanol–water partition coefficient (Wildman–Crippen LogP) is 6.96. The Bertz CT molecular complexity index is 1330. The molecular weight excluding hydrogens is 628 g/mol. The minimum absolute atomic E-state index is 0.0124. The van der Waals surface area contributed by atoms with Crippen molar-refractivity contribution in [1.29, 1.82) is 0 Å². The second kappa shape index (κ2) is 11.7. The molecule has 4 heterocycles. The molecule has 4 aliphatic carbocycles. The molecule has 8 bridgehead atoms.